The third kappa shape index (κ3) is 3.89. The van der Waals surface area contributed by atoms with Gasteiger partial charge in [-0.05, 0) is 44.9 Å². The first kappa shape index (κ1) is 21.0. The van der Waals surface area contributed by atoms with E-state index < -0.39 is 27.8 Å². The lowest BCUT2D eigenvalue weighted by Gasteiger charge is -2.12. The van der Waals surface area contributed by atoms with Crippen LogP contribution in [-0.2, 0) is 23.0 Å². The molecule has 1 aromatic carbocycles. The molecule has 0 saturated carbocycles. The Bertz CT molecular complexity index is 1120. The number of rotatable bonds is 6. The first-order chi connectivity index (χ1) is 13.7. The Morgan fingerprint density at radius 3 is 2.83 bits per heavy atom. The number of nitrogens with zero attached hydrogens (tertiary/aromatic N) is 2. The topological polar surface area (TPSA) is 124 Å². The average Bonchev–Trinajstić information content (AvgIpc) is 3.21. The molecule has 0 bridgehead atoms. The largest absolute Gasteiger partial charge is 0.395 e. The van der Waals surface area contributed by atoms with Crippen molar-refractivity contribution in [1.29, 1.82) is 5.26 Å². The van der Waals surface area contributed by atoms with E-state index in [1.165, 1.54) is 19.1 Å². The van der Waals surface area contributed by atoms with Gasteiger partial charge >= 0.3 is 0 Å². The summed E-state index contributed by atoms with van der Waals surface area (Å²) < 4.78 is 43.3. The van der Waals surface area contributed by atoms with Crippen LogP contribution in [0.2, 0.25) is 0 Å². The summed E-state index contributed by atoms with van der Waals surface area (Å²) in [5, 5.41) is 20.7. The molecule has 1 atom stereocenters. The second-order valence-corrected chi connectivity index (χ2v) is 8.62. The number of anilines is 1. The van der Waals surface area contributed by atoms with Gasteiger partial charge in [-0.15, -0.1) is 0 Å². The lowest BCUT2D eigenvalue weighted by Crippen LogP contribution is -2.35. The molecular weight excluding hydrogens is 399 g/mol. The molecule has 2 heterocycles. The summed E-state index contributed by atoms with van der Waals surface area (Å²) in [6.07, 6.45) is 1.20. The summed E-state index contributed by atoms with van der Waals surface area (Å²) in [7, 11) is -3.93. The van der Waals surface area contributed by atoms with Gasteiger partial charge in [0.1, 0.15) is 22.5 Å². The van der Waals surface area contributed by atoms with Gasteiger partial charge in [0.15, 0.2) is 0 Å². The monoisotopic (exact) mass is 420 g/mol. The number of nitrogens with one attached hydrogen (secondary N) is 2. The number of nitriles is 1. The van der Waals surface area contributed by atoms with Crippen LogP contribution in [-0.4, -0.2) is 36.6 Å². The van der Waals surface area contributed by atoms with Gasteiger partial charge < -0.3 is 15.0 Å². The van der Waals surface area contributed by atoms with Gasteiger partial charge in [-0.25, -0.2) is 17.5 Å². The van der Waals surface area contributed by atoms with Crippen LogP contribution in [0.1, 0.15) is 40.7 Å². The zero-order valence-electron chi connectivity index (χ0n) is 16.0. The summed E-state index contributed by atoms with van der Waals surface area (Å²) in [6, 6.07) is 4.68. The maximum absolute atomic E-state index is 13.5. The molecular formula is C19H21FN4O4S. The molecule has 29 heavy (non-hydrogen) atoms. The maximum Gasteiger partial charge on any atom is 0.272 e. The van der Waals surface area contributed by atoms with Crippen molar-refractivity contribution in [1.82, 2.24) is 9.29 Å². The van der Waals surface area contributed by atoms with Gasteiger partial charge in [0, 0.05) is 29.5 Å². The number of amides is 1. The van der Waals surface area contributed by atoms with E-state index in [4.69, 9.17) is 5.26 Å². The predicted octanol–water partition coefficient (Wildman–Crippen LogP) is 1.66. The van der Waals surface area contributed by atoms with Crippen LogP contribution < -0.4 is 10.0 Å². The van der Waals surface area contributed by atoms with Crippen molar-refractivity contribution in [2.75, 3.05) is 11.9 Å². The molecule has 1 unspecified atom stereocenters. The van der Waals surface area contributed by atoms with Crippen LogP contribution >= 0.6 is 0 Å². The normalized spacial score (nSPS) is 14.3. The molecule has 0 spiro atoms. The Morgan fingerprint density at radius 1 is 1.45 bits per heavy atom. The Kier molecular flexibility index (Phi) is 5.75. The molecule has 10 heteroatoms. The van der Waals surface area contributed by atoms with Crippen LogP contribution in [0, 0.1) is 24.1 Å². The second-order valence-electron chi connectivity index (χ2n) is 6.97. The lowest BCUT2D eigenvalue weighted by molar-refractivity contribution is 0.101. The third-order valence-electron chi connectivity index (χ3n) is 4.81. The van der Waals surface area contributed by atoms with Crippen LogP contribution in [0.15, 0.2) is 23.1 Å². The molecule has 8 nitrogen and oxygen atoms in total. The first-order valence-electron chi connectivity index (χ1n) is 9.05. The number of carbonyl (C=O) groups excluding carboxylic acids is 1. The van der Waals surface area contributed by atoms with Crippen LogP contribution in [0.4, 0.5) is 10.1 Å². The highest BCUT2D eigenvalue weighted by atomic mass is 32.2. The minimum absolute atomic E-state index is 0.0530. The molecule has 2 aromatic rings. The summed E-state index contributed by atoms with van der Waals surface area (Å²) in [6.45, 7) is 3.24. The minimum Gasteiger partial charge on any atom is -0.395 e. The van der Waals surface area contributed by atoms with E-state index >= 15 is 0 Å². The molecule has 0 fully saturated rings. The van der Waals surface area contributed by atoms with Crippen LogP contribution in [0.25, 0.3) is 0 Å². The number of aromatic nitrogens is 1. The fraction of sp³-hybridized carbons (Fsp3) is 0.368. The van der Waals surface area contributed by atoms with E-state index in [1.807, 2.05) is 0 Å². The maximum atomic E-state index is 13.5. The number of hydrogen-bond acceptors (Lipinski definition) is 5. The van der Waals surface area contributed by atoms with Crippen LogP contribution in [0.3, 0.4) is 0 Å². The number of halogens is 1. The van der Waals surface area contributed by atoms with E-state index in [0.717, 1.165) is 6.07 Å². The van der Waals surface area contributed by atoms with Gasteiger partial charge in [-0.1, -0.05) is 0 Å². The molecule has 1 amide bonds. The number of carbonyl (C=O) groups is 1. The third-order valence-corrected chi connectivity index (χ3v) is 6.60. The number of aliphatic hydroxyl groups is 1. The smallest absolute Gasteiger partial charge is 0.272 e. The SMILES string of the molecule is Cc1c(S(=O)(=O)NC(C)CO)c2n(c1C(=O)Nc1ccc(F)c(C#N)c1)CCC2. The second kappa shape index (κ2) is 7.94. The van der Waals surface area contributed by atoms with E-state index in [0.29, 0.717) is 30.6 Å². The van der Waals surface area contributed by atoms with Crippen molar-refractivity contribution in [3.63, 3.8) is 0 Å². The molecule has 154 valence electrons. The summed E-state index contributed by atoms with van der Waals surface area (Å²) in [5.74, 6) is -1.24. The molecule has 3 N–H and O–H groups in total. The van der Waals surface area contributed by atoms with Crippen molar-refractivity contribution in [3.05, 3.63) is 46.5 Å². The van der Waals surface area contributed by atoms with Crippen molar-refractivity contribution >= 4 is 21.6 Å². The van der Waals surface area contributed by atoms with Gasteiger partial charge in [0.05, 0.1) is 12.2 Å². The Labute approximate surface area is 168 Å². The average molecular weight is 420 g/mol. The molecule has 1 aromatic heterocycles. The predicted molar refractivity (Wildman–Crippen MR) is 103 cm³/mol. The minimum atomic E-state index is -3.93. The standard InChI is InChI=1S/C19H21FN4O4S/c1-11(10-25)23-29(27,28)18-12(2)17(24-7-3-4-16(18)24)19(26)22-14-5-6-15(20)13(8-14)9-21/h5-6,8,11,23,25H,3-4,7,10H2,1-2H3,(H,22,26). The van der Waals surface area contributed by atoms with E-state index in [-0.39, 0.29) is 28.4 Å². The molecule has 3 rings (SSSR count). The molecule has 0 radical (unpaired) electrons. The molecule has 1 aliphatic heterocycles. The Balaban J connectivity index is 2.01. The first-order valence-corrected chi connectivity index (χ1v) is 10.5. The number of aliphatic hydroxyl groups excluding tert-OH is 1. The van der Waals surface area contributed by atoms with E-state index in [2.05, 4.69) is 10.0 Å². The van der Waals surface area contributed by atoms with Gasteiger partial charge in [0.2, 0.25) is 10.0 Å². The molecule has 0 saturated heterocycles. The fourth-order valence-corrected chi connectivity index (χ4v) is 5.32. The van der Waals surface area contributed by atoms with E-state index in [1.54, 1.807) is 17.6 Å². The number of sulfonamides is 1. The number of hydrogen-bond donors (Lipinski definition) is 3. The van der Waals surface area contributed by atoms with Gasteiger partial charge in [0.25, 0.3) is 5.91 Å². The summed E-state index contributed by atoms with van der Waals surface area (Å²) in [5.41, 5.74) is 1.08. The van der Waals surface area contributed by atoms with Crippen molar-refractivity contribution < 1.29 is 22.7 Å². The zero-order chi connectivity index (χ0) is 21.3. The fourth-order valence-electron chi connectivity index (χ4n) is 3.57. The highest BCUT2D eigenvalue weighted by Crippen LogP contribution is 2.33. The lowest BCUT2D eigenvalue weighted by atomic mass is 10.2. The van der Waals surface area contributed by atoms with E-state index in [9.17, 15) is 22.7 Å². The molecule has 1 aliphatic rings. The summed E-state index contributed by atoms with van der Waals surface area (Å²) >= 11 is 0. The zero-order valence-corrected chi connectivity index (χ0v) is 16.8. The van der Waals surface area contributed by atoms with Crippen LogP contribution in [0.5, 0.6) is 0 Å². The van der Waals surface area contributed by atoms with Crippen molar-refractivity contribution in [2.45, 2.75) is 44.2 Å². The highest BCUT2D eigenvalue weighted by Gasteiger charge is 2.34. The Morgan fingerprint density at radius 2 is 2.17 bits per heavy atom. The van der Waals surface area contributed by atoms with Crippen molar-refractivity contribution in [3.8, 4) is 6.07 Å². The Hall–Kier alpha value is -2.74. The molecule has 0 aliphatic carbocycles. The highest BCUT2D eigenvalue weighted by molar-refractivity contribution is 7.89. The number of fused-ring (bicyclic) bond motifs is 1. The quantitative estimate of drug-likeness (QED) is 0.656. The summed E-state index contributed by atoms with van der Waals surface area (Å²) in [4.78, 5) is 13.0. The van der Waals surface area contributed by atoms with Crippen molar-refractivity contribution in [2.24, 2.45) is 0 Å². The van der Waals surface area contributed by atoms with Gasteiger partial charge in [-0.3, -0.25) is 4.79 Å². The van der Waals surface area contributed by atoms with Gasteiger partial charge in [-0.2, -0.15) is 5.26 Å². The number of benzene rings is 1.